The van der Waals surface area contributed by atoms with Gasteiger partial charge >= 0.3 is 31.2 Å². The average molecular weight is 384 g/mol. The molecule has 0 bridgehead atoms. The van der Waals surface area contributed by atoms with E-state index in [9.17, 15) is 44.3 Å². The Morgan fingerprint density at radius 1 is 0.880 bits per heavy atom. The molecule has 140 valence electrons. The minimum Gasteiger partial charge on any atom is -0.462 e. The third-order valence-corrected chi connectivity index (χ3v) is 2.93. The molecule has 1 rings (SSSR count). The molecule has 0 aliphatic carbocycles. The Labute approximate surface area is 133 Å². The molecule has 1 aromatic rings. The summed E-state index contributed by atoms with van der Waals surface area (Å²) in [5.74, 6) is -1.61. The summed E-state index contributed by atoms with van der Waals surface area (Å²) in [5.41, 5.74) is -8.10. The van der Waals surface area contributed by atoms with Gasteiger partial charge in [0.2, 0.25) is 0 Å². The van der Waals surface area contributed by atoms with Gasteiger partial charge < -0.3 is 14.8 Å². The van der Waals surface area contributed by atoms with Gasteiger partial charge in [0.1, 0.15) is 12.0 Å². The first-order valence-electron chi connectivity index (χ1n) is 5.93. The first kappa shape index (κ1) is 21.1. The Morgan fingerprint density at radius 2 is 1.32 bits per heavy atom. The normalized spacial score (nSPS) is 13.6. The highest BCUT2D eigenvalue weighted by Crippen LogP contribution is 2.54. The van der Waals surface area contributed by atoms with Gasteiger partial charge in [-0.15, -0.1) is 0 Å². The number of alkyl halides is 9. The molecule has 0 aliphatic rings. The zero-order chi connectivity index (χ0) is 19.8. The lowest BCUT2D eigenvalue weighted by Gasteiger charge is -2.38. The van der Waals surface area contributed by atoms with Crippen molar-refractivity contribution in [2.75, 3.05) is 0 Å². The van der Waals surface area contributed by atoms with Gasteiger partial charge in [-0.3, -0.25) is 4.79 Å². The number of carbonyl (C=O) groups excluding carboxylic acids is 1. The standard InChI is InChI=1S/C11H6BF9O4/c13-9(14,15)8(10(16,17)18,11(19,20)21)25-6-1-2-7(12(23)24)5(3-6)4-22/h1-4,23-24H. The van der Waals surface area contributed by atoms with Gasteiger partial charge in [0, 0.05) is 5.56 Å². The van der Waals surface area contributed by atoms with E-state index in [4.69, 9.17) is 10.0 Å². The fourth-order valence-electron chi connectivity index (χ4n) is 1.79. The van der Waals surface area contributed by atoms with Gasteiger partial charge in [-0.05, 0) is 17.6 Å². The second-order valence-corrected chi connectivity index (χ2v) is 4.56. The molecule has 25 heavy (non-hydrogen) atoms. The van der Waals surface area contributed by atoms with Crippen LogP contribution in [0.1, 0.15) is 10.4 Å². The predicted molar refractivity (Wildman–Crippen MR) is 63.2 cm³/mol. The zero-order valence-electron chi connectivity index (χ0n) is 11.5. The fraction of sp³-hybridized carbons (Fsp3) is 0.364. The second kappa shape index (κ2) is 6.40. The zero-order valence-corrected chi connectivity index (χ0v) is 11.5. The molecule has 0 atom stereocenters. The van der Waals surface area contributed by atoms with Crippen molar-refractivity contribution in [2.24, 2.45) is 0 Å². The van der Waals surface area contributed by atoms with Crippen LogP contribution in [-0.4, -0.2) is 47.6 Å². The number of hydrogen-bond acceptors (Lipinski definition) is 4. The summed E-state index contributed by atoms with van der Waals surface area (Å²) in [4.78, 5) is 10.7. The Kier molecular flexibility index (Phi) is 5.40. The largest absolute Gasteiger partial charge is 0.489 e. The van der Waals surface area contributed by atoms with Crippen molar-refractivity contribution in [3.63, 3.8) is 0 Å². The smallest absolute Gasteiger partial charge is 0.462 e. The number of halogens is 9. The van der Waals surface area contributed by atoms with Crippen LogP contribution in [0.5, 0.6) is 5.75 Å². The number of hydrogen-bond donors (Lipinski definition) is 2. The molecule has 0 aliphatic heterocycles. The van der Waals surface area contributed by atoms with E-state index in [-0.39, 0.29) is 18.4 Å². The second-order valence-electron chi connectivity index (χ2n) is 4.56. The molecule has 14 heteroatoms. The summed E-state index contributed by atoms with van der Waals surface area (Å²) in [6.07, 6.45) is -21.1. The van der Waals surface area contributed by atoms with Gasteiger partial charge in [0.05, 0.1) is 0 Å². The van der Waals surface area contributed by atoms with E-state index in [0.717, 1.165) is 0 Å². The first-order chi connectivity index (χ1) is 11.1. The van der Waals surface area contributed by atoms with Crippen LogP contribution >= 0.6 is 0 Å². The Bertz CT molecular complexity index is 600. The molecule has 0 amide bonds. The van der Waals surface area contributed by atoms with Crippen LogP contribution in [0.15, 0.2) is 18.2 Å². The number of aldehydes is 1. The molecular formula is C11H6BF9O4. The third-order valence-electron chi connectivity index (χ3n) is 2.93. The summed E-state index contributed by atoms with van der Waals surface area (Å²) in [6, 6.07) is 0.705. The summed E-state index contributed by atoms with van der Waals surface area (Å²) in [6.45, 7) is 0. The van der Waals surface area contributed by atoms with Gasteiger partial charge in [0.25, 0.3) is 0 Å². The molecule has 0 aromatic heterocycles. The van der Waals surface area contributed by atoms with Crippen molar-refractivity contribution in [3.8, 4) is 5.75 Å². The highest BCUT2D eigenvalue weighted by atomic mass is 19.4. The van der Waals surface area contributed by atoms with Crippen molar-refractivity contribution in [3.05, 3.63) is 23.8 Å². The van der Waals surface area contributed by atoms with Crippen molar-refractivity contribution < 1.29 is 59.1 Å². The van der Waals surface area contributed by atoms with Crippen LogP contribution in [-0.2, 0) is 0 Å². The van der Waals surface area contributed by atoms with Crippen molar-refractivity contribution >= 4 is 18.9 Å². The van der Waals surface area contributed by atoms with Gasteiger partial charge in [-0.2, -0.15) is 39.5 Å². The van der Waals surface area contributed by atoms with Crippen LogP contribution in [0.2, 0.25) is 0 Å². The van der Waals surface area contributed by atoms with E-state index in [2.05, 4.69) is 4.74 Å². The number of rotatable bonds is 4. The van der Waals surface area contributed by atoms with E-state index >= 15 is 0 Å². The summed E-state index contributed by atoms with van der Waals surface area (Å²) < 4.78 is 118. The summed E-state index contributed by atoms with van der Waals surface area (Å²) in [5, 5.41) is 17.7. The summed E-state index contributed by atoms with van der Waals surface area (Å²) in [7, 11) is -2.35. The lowest BCUT2D eigenvalue weighted by atomic mass is 9.77. The highest BCUT2D eigenvalue weighted by Gasteiger charge is 2.87. The van der Waals surface area contributed by atoms with Crippen LogP contribution < -0.4 is 10.2 Å². The Balaban J connectivity index is 3.59. The quantitative estimate of drug-likeness (QED) is 0.474. The topological polar surface area (TPSA) is 66.8 Å². The van der Waals surface area contributed by atoms with Crippen LogP contribution in [0.25, 0.3) is 0 Å². The van der Waals surface area contributed by atoms with Gasteiger partial charge in [-0.1, -0.05) is 6.07 Å². The monoisotopic (exact) mass is 384 g/mol. The number of ether oxygens (including phenoxy) is 1. The van der Waals surface area contributed by atoms with E-state index in [0.29, 0.717) is 6.07 Å². The molecular weight excluding hydrogens is 378 g/mol. The van der Waals surface area contributed by atoms with Crippen LogP contribution in [0.4, 0.5) is 39.5 Å². The Morgan fingerprint density at radius 3 is 1.64 bits per heavy atom. The molecule has 2 N–H and O–H groups in total. The first-order valence-corrected chi connectivity index (χ1v) is 5.93. The number of benzene rings is 1. The van der Waals surface area contributed by atoms with E-state index in [1.165, 1.54) is 0 Å². The van der Waals surface area contributed by atoms with Crippen molar-refractivity contribution in [1.29, 1.82) is 0 Å². The highest BCUT2D eigenvalue weighted by molar-refractivity contribution is 6.60. The third kappa shape index (κ3) is 3.68. The van der Waals surface area contributed by atoms with E-state index in [1.54, 1.807) is 0 Å². The maximum Gasteiger partial charge on any atom is 0.489 e. The molecule has 0 saturated heterocycles. The lowest BCUT2D eigenvalue weighted by molar-refractivity contribution is -0.436. The predicted octanol–water partition coefficient (Wildman–Crippen LogP) is 1.98. The molecule has 0 unspecified atom stereocenters. The summed E-state index contributed by atoms with van der Waals surface area (Å²) >= 11 is 0. The molecule has 0 saturated carbocycles. The van der Waals surface area contributed by atoms with E-state index < -0.39 is 48.0 Å². The number of carbonyl (C=O) groups is 1. The molecule has 4 nitrogen and oxygen atoms in total. The van der Waals surface area contributed by atoms with Gasteiger partial charge in [0.15, 0.2) is 0 Å². The van der Waals surface area contributed by atoms with E-state index in [1.807, 2.05) is 0 Å². The lowest BCUT2D eigenvalue weighted by Crippen LogP contribution is -2.69. The van der Waals surface area contributed by atoms with Crippen LogP contribution in [0, 0.1) is 0 Å². The van der Waals surface area contributed by atoms with Crippen LogP contribution in [0.3, 0.4) is 0 Å². The fourth-order valence-corrected chi connectivity index (χ4v) is 1.79. The average Bonchev–Trinajstić information content (AvgIpc) is 2.39. The maximum atomic E-state index is 12.7. The maximum absolute atomic E-state index is 12.7. The van der Waals surface area contributed by atoms with Crippen molar-refractivity contribution in [1.82, 2.24) is 0 Å². The van der Waals surface area contributed by atoms with Crippen molar-refractivity contribution in [2.45, 2.75) is 24.1 Å². The Hall–Kier alpha value is -1.96. The molecule has 0 radical (unpaired) electrons. The minimum atomic E-state index is -6.94. The van der Waals surface area contributed by atoms with Gasteiger partial charge in [-0.25, -0.2) is 0 Å². The molecule has 0 fully saturated rings. The molecule has 1 aromatic carbocycles. The molecule has 0 spiro atoms. The SMILES string of the molecule is O=Cc1cc(OC(C(F)(F)F)(C(F)(F)F)C(F)(F)F)ccc1B(O)O. The minimum absolute atomic E-state index is 0.0831. The molecule has 0 heterocycles.